The van der Waals surface area contributed by atoms with Crippen LogP contribution in [-0.2, 0) is 16.2 Å². The number of aromatic nitrogens is 2. The average molecular weight is 608 g/mol. The number of ether oxygens (including phenoxy) is 2. The van der Waals surface area contributed by atoms with E-state index >= 15 is 4.39 Å². The summed E-state index contributed by atoms with van der Waals surface area (Å²) in [5, 5.41) is 5.37. The molecule has 1 fully saturated rings. The number of nitrogens with one attached hydrogen (secondary N) is 2. The molecule has 1 aromatic heterocycles. The largest absolute Gasteiger partial charge is 0.493 e. The lowest BCUT2D eigenvalue weighted by Crippen LogP contribution is -2.54. The van der Waals surface area contributed by atoms with E-state index in [1.54, 1.807) is 18.2 Å². The average Bonchev–Trinajstić information content (AvgIpc) is 3.23. The SMILES string of the molecule is COc1cc2ncnc(Nc3cccc(Cl)c3F)c2cc1OCc1cc(F)c2c(c1)C(=O)N(C1CCC(=O)NC1=O)C2=O. The Bertz CT molecular complexity index is 1870. The minimum atomic E-state index is -1.23. The maximum Gasteiger partial charge on any atom is 0.265 e. The van der Waals surface area contributed by atoms with Crippen molar-refractivity contribution in [1.82, 2.24) is 20.2 Å². The highest BCUT2D eigenvalue weighted by Gasteiger charge is 2.46. The Labute approximate surface area is 246 Å². The van der Waals surface area contributed by atoms with Gasteiger partial charge in [0, 0.05) is 17.9 Å². The number of anilines is 2. The number of halogens is 3. The summed E-state index contributed by atoms with van der Waals surface area (Å²) in [6.07, 6.45) is 1.17. The van der Waals surface area contributed by atoms with E-state index in [4.69, 9.17) is 21.1 Å². The number of fused-ring (bicyclic) bond motifs is 2. The van der Waals surface area contributed by atoms with Crippen LogP contribution in [0.1, 0.15) is 39.1 Å². The third-order valence-electron chi connectivity index (χ3n) is 7.07. The predicted octanol–water partition coefficient (Wildman–Crippen LogP) is 4.29. The van der Waals surface area contributed by atoms with Gasteiger partial charge < -0.3 is 14.8 Å². The van der Waals surface area contributed by atoms with Crippen molar-refractivity contribution in [2.75, 3.05) is 12.4 Å². The molecule has 1 atom stereocenters. The number of hydrogen-bond donors (Lipinski definition) is 2. The zero-order valence-electron chi connectivity index (χ0n) is 22.2. The van der Waals surface area contributed by atoms with Crippen molar-refractivity contribution in [3.05, 3.63) is 82.1 Å². The molecule has 1 saturated heterocycles. The van der Waals surface area contributed by atoms with Crippen LogP contribution in [0.15, 0.2) is 48.8 Å². The van der Waals surface area contributed by atoms with Gasteiger partial charge in [-0.05, 0) is 42.3 Å². The molecule has 1 unspecified atom stereocenters. The molecular formula is C29H20ClF2N5O6. The summed E-state index contributed by atoms with van der Waals surface area (Å²) in [7, 11) is 1.42. The monoisotopic (exact) mass is 607 g/mol. The number of nitrogens with zero attached hydrogens (tertiary/aromatic N) is 3. The van der Waals surface area contributed by atoms with Crippen molar-refractivity contribution in [1.29, 1.82) is 0 Å². The second-order valence-corrected chi connectivity index (χ2v) is 10.1. The lowest BCUT2D eigenvalue weighted by Gasteiger charge is -2.27. The molecule has 0 bridgehead atoms. The van der Waals surface area contributed by atoms with Crippen LogP contribution < -0.4 is 20.1 Å². The second-order valence-electron chi connectivity index (χ2n) is 9.70. The first kappa shape index (κ1) is 28.0. The van der Waals surface area contributed by atoms with E-state index in [1.165, 1.54) is 31.6 Å². The third kappa shape index (κ3) is 4.97. The number of rotatable bonds is 7. The number of benzene rings is 3. The van der Waals surface area contributed by atoms with E-state index in [-0.39, 0.29) is 58.6 Å². The maximum absolute atomic E-state index is 15.2. The van der Waals surface area contributed by atoms with Crippen molar-refractivity contribution < 1.29 is 37.4 Å². The Morgan fingerprint density at radius 2 is 1.88 bits per heavy atom. The van der Waals surface area contributed by atoms with Gasteiger partial charge in [-0.1, -0.05) is 17.7 Å². The smallest absolute Gasteiger partial charge is 0.265 e. The lowest BCUT2D eigenvalue weighted by atomic mass is 10.0. The zero-order chi connectivity index (χ0) is 30.4. The molecule has 11 nitrogen and oxygen atoms in total. The number of methoxy groups -OCH3 is 1. The molecular weight excluding hydrogens is 588 g/mol. The third-order valence-corrected chi connectivity index (χ3v) is 7.37. The Morgan fingerprint density at radius 3 is 2.65 bits per heavy atom. The molecule has 4 aromatic rings. The van der Waals surface area contributed by atoms with E-state index < -0.39 is 46.9 Å². The number of carbonyl (C=O) groups excluding carboxylic acids is 4. The predicted molar refractivity (Wildman–Crippen MR) is 148 cm³/mol. The zero-order valence-corrected chi connectivity index (χ0v) is 23.0. The van der Waals surface area contributed by atoms with Crippen LogP contribution in [0.3, 0.4) is 0 Å². The summed E-state index contributed by atoms with van der Waals surface area (Å²) in [4.78, 5) is 59.1. The topological polar surface area (TPSA) is 140 Å². The van der Waals surface area contributed by atoms with Crippen molar-refractivity contribution in [2.45, 2.75) is 25.5 Å². The van der Waals surface area contributed by atoms with E-state index in [2.05, 4.69) is 20.6 Å². The van der Waals surface area contributed by atoms with Crippen molar-refractivity contribution >= 4 is 57.6 Å². The highest BCUT2D eigenvalue weighted by atomic mass is 35.5. The van der Waals surface area contributed by atoms with E-state index in [1.807, 2.05) is 0 Å². The molecule has 43 heavy (non-hydrogen) atoms. The standard InChI is InChI=1S/C29H20ClF2N5O6/c1-42-21-10-19-14(26(34-12-33-19)35-18-4-2-3-16(30)25(18)32)9-22(21)43-11-13-7-15-24(17(31)8-13)29(41)37(28(15)40)20-5-6-23(38)36-27(20)39/h2-4,7-10,12,20H,5-6,11H2,1H3,(H,33,34,35)(H,36,38,39). The first-order valence-corrected chi connectivity index (χ1v) is 13.2. The summed E-state index contributed by atoms with van der Waals surface area (Å²) < 4.78 is 41.1. The fraction of sp³-hybridized carbons (Fsp3) is 0.172. The van der Waals surface area contributed by atoms with Crippen molar-refractivity contribution in [3.63, 3.8) is 0 Å². The summed E-state index contributed by atoms with van der Waals surface area (Å²) in [5.41, 5.74) is 0.0775. The van der Waals surface area contributed by atoms with Gasteiger partial charge in [0.25, 0.3) is 11.8 Å². The molecule has 3 heterocycles. The van der Waals surface area contributed by atoms with Crippen LogP contribution in [-0.4, -0.2) is 51.6 Å². The highest BCUT2D eigenvalue weighted by Crippen LogP contribution is 2.37. The minimum Gasteiger partial charge on any atom is -0.493 e. The number of hydrogen-bond acceptors (Lipinski definition) is 9. The Balaban J connectivity index is 1.28. The Hall–Kier alpha value is -5.17. The van der Waals surface area contributed by atoms with Gasteiger partial charge in [-0.15, -0.1) is 0 Å². The molecule has 0 saturated carbocycles. The molecule has 14 heteroatoms. The minimum absolute atomic E-state index is 0.0556. The molecule has 0 aliphatic carbocycles. The summed E-state index contributed by atoms with van der Waals surface area (Å²) >= 11 is 5.90. The fourth-order valence-corrected chi connectivity index (χ4v) is 5.19. The van der Waals surface area contributed by atoms with Gasteiger partial charge in [0.05, 0.1) is 34.5 Å². The molecule has 6 rings (SSSR count). The molecule has 218 valence electrons. The van der Waals surface area contributed by atoms with Gasteiger partial charge >= 0.3 is 0 Å². The molecule has 0 spiro atoms. The van der Waals surface area contributed by atoms with Gasteiger partial charge in [-0.2, -0.15) is 0 Å². The fourth-order valence-electron chi connectivity index (χ4n) is 5.01. The number of imide groups is 2. The normalized spacial score (nSPS) is 16.4. The van der Waals surface area contributed by atoms with Gasteiger partial charge in [0.2, 0.25) is 11.8 Å². The van der Waals surface area contributed by atoms with Crippen LogP contribution in [0, 0.1) is 11.6 Å². The van der Waals surface area contributed by atoms with E-state index in [9.17, 15) is 23.6 Å². The second kappa shape index (κ2) is 10.9. The number of carbonyl (C=O) groups is 4. The molecule has 4 amide bonds. The first-order valence-electron chi connectivity index (χ1n) is 12.9. The summed E-state index contributed by atoms with van der Waals surface area (Å²) in [5.74, 6) is -4.00. The molecule has 2 aliphatic rings. The molecule has 3 aromatic carbocycles. The molecule has 0 radical (unpaired) electrons. The van der Waals surface area contributed by atoms with Crippen molar-refractivity contribution in [2.24, 2.45) is 0 Å². The van der Waals surface area contributed by atoms with E-state index in [0.717, 1.165) is 6.07 Å². The molecule has 2 N–H and O–H groups in total. The highest BCUT2D eigenvalue weighted by molar-refractivity contribution is 6.31. The first-order chi connectivity index (χ1) is 20.7. The number of piperidine rings is 1. The van der Waals surface area contributed by atoms with Gasteiger partial charge in [-0.3, -0.25) is 29.4 Å². The lowest BCUT2D eigenvalue weighted by molar-refractivity contribution is -0.136. The Kier molecular flexibility index (Phi) is 7.10. The van der Waals surface area contributed by atoms with Crippen LogP contribution in [0.2, 0.25) is 5.02 Å². The Morgan fingerprint density at radius 1 is 1.07 bits per heavy atom. The molecule has 2 aliphatic heterocycles. The van der Waals surface area contributed by atoms with Crippen LogP contribution >= 0.6 is 11.6 Å². The van der Waals surface area contributed by atoms with Crippen molar-refractivity contribution in [3.8, 4) is 11.5 Å². The number of amides is 4. The van der Waals surface area contributed by atoms with E-state index in [0.29, 0.717) is 15.8 Å². The van der Waals surface area contributed by atoms with Crippen LogP contribution in [0.25, 0.3) is 10.9 Å². The maximum atomic E-state index is 15.2. The van der Waals surface area contributed by atoms with Crippen LogP contribution in [0.5, 0.6) is 11.5 Å². The summed E-state index contributed by atoms with van der Waals surface area (Å²) in [6, 6.07) is 8.76. The summed E-state index contributed by atoms with van der Waals surface area (Å²) in [6.45, 7) is -0.245. The van der Waals surface area contributed by atoms with Gasteiger partial charge in [0.1, 0.15) is 30.6 Å². The quantitative estimate of drug-likeness (QED) is 0.294. The van der Waals surface area contributed by atoms with Crippen LogP contribution in [0.4, 0.5) is 20.3 Å². The van der Waals surface area contributed by atoms with Gasteiger partial charge in [0.15, 0.2) is 17.3 Å². The van der Waals surface area contributed by atoms with Gasteiger partial charge in [-0.25, -0.2) is 18.7 Å².